The maximum atomic E-state index is 13.9. The number of aliphatic carboxylic acids is 1. The Bertz CT molecular complexity index is 1380. The number of carbonyl (C=O) groups excluding carboxylic acids is 1. The van der Waals surface area contributed by atoms with Crippen LogP contribution in [0.3, 0.4) is 0 Å². The maximum Gasteiger partial charge on any atom is 0.327 e. The monoisotopic (exact) mass is 466 g/mol. The van der Waals surface area contributed by atoms with Crippen molar-refractivity contribution in [2.75, 3.05) is 11.4 Å². The van der Waals surface area contributed by atoms with Crippen molar-refractivity contribution in [1.29, 1.82) is 5.41 Å². The van der Waals surface area contributed by atoms with Gasteiger partial charge in [-0.25, -0.2) is 4.79 Å². The first kappa shape index (κ1) is 23.7. The SMILES string of the molecule is N=C(N)c1cccc(C(=O)N(c2ccccc2)[C@H](C(=O)O)[C@H](CN)c2cccc3ccccc23)c1. The van der Waals surface area contributed by atoms with Gasteiger partial charge >= 0.3 is 5.97 Å². The summed E-state index contributed by atoms with van der Waals surface area (Å²) in [5, 5.41) is 20.0. The molecule has 0 saturated heterocycles. The van der Waals surface area contributed by atoms with E-state index >= 15 is 0 Å². The Hall–Kier alpha value is -4.49. The van der Waals surface area contributed by atoms with E-state index in [1.807, 2.05) is 42.5 Å². The highest BCUT2D eigenvalue weighted by atomic mass is 16.4. The predicted octanol–water partition coefficient (Wildman–Crippen LogP) is 3.97. The smallest absolute Gasteiger partial charge is 0.327 e. The quantitative estimate of drug-likeness (QED) is 0.230. The molecule has 7 nitrogen and oxygen atoms in total. The molecule has 0 saturated carbocycles. The molecule has 0 aliphatic carbocycles. The van der Waals surface area contributed by atoms with Gasteiger partial charge < -0.3 is 16.6 Å². The Kier molecular flexibility index (Phi) is 6.89. The standard InChI is InChI=1S/C28H26N4O3/c29-17-24(23-15-7-9-18-8-4-5-14-22(18)23)25(28(34)35)32(21-12-2-1-3-13-21)27(33)20-11-6-10-19(16-20)26(30)31/h1-16,24-25H,17,29H2,(H3,30,31)(H,34,35)/t24-,25+/m1/s1. The molecule has 4 rings (SSSR count). The number of amidine groups is 1. The second kappa shape index (κ2) is 10.2. The molecule has 0 heterocycles. The summed E-state index contributed by atoms with van der Waals surface area (Å²) >= 11 is 0. The van der Waals surface area contributed by atoms with Crippen LogP contribution in [0.25, 0.3) is 10.8 Å². The van der Waals surface area contributed by atoms with Gasteiger partial charge in [0.1, 0.15) is 11.9 Å². The first-order chi connectivity index (χ1) is 16.9. The van der Waals surface area contributed by atoms with E-state index in [4.69, 9.17) is 16.9 Å². The minimum atomic E-state index is -1.29. The van der Waals surface area contributed by atoms with Crippen LogP contribution in [-0.2, 0) is 4.79 Å². The number of carbonyl (C=O) groups is 2. The van der Waals surface area contributed by atoms with E-state index in [0.29, 0.717) is 11.3 Å². The Balaban J connectivity index is 1.90. The molecule has 2 atom stereocenters. The number of carboxylic acids is 1. The molecule has 0 aliphatic rings. The zero-order valence-electron chi connectivity index (χ0n) is 19.0. The van der Waals surface area contributed by atoms with E-state index in [2.05, 4.69) is 0 Å². The second-order valence-corrected chi connectivity index (χ2v) is 8.20. The molecule has 1 amide bonds. The zero-order valence-corrected chi connectivity index (χ0v) is 19.0. The minimum Gasteiger partial charge on any atom is -0.480 e. The number of hydrogen-bond acceptors (Lipinski definition) is 4. The third kappa shape index (κ3) is 4.76. The summed E-state index contributed by atoms with van der Waals surface area (Å²) in [6.07, 6.45) is 0. The van der Waals surface area contributed by atoms with Crippen LogP contribution in [0.15, 0.2) is 97.1 Å². The van der Waals surface area contributed by atoms with Crippen molar-refractivity contribution in [2.24, 2.45) is 11.5 Å². The van der Waals surface area contributed by atoms with Gasteiger partial charge in [-0.1, -0.05) is 72.8 Å². The van der Waals surface area contributed by atoms with E-state index in [1.165, 1.54) is 11.0 Å². The molecule has 0 aromatic heterocycles. The third-order valence-corrected chi connectivity index (χ3v) is 6.06. The summed E-state index contributed by atoms with van der Waals surface area (Å²) < 4.78 is 0. The van der Waals surface area contributed by atoms with Gasteiger partial charge in [-0.15, -0.1) is 0 Å². The number of rotatable bonds is 8. The normalized spacial score (nSPS) is 12.6. The Morgan fingerprint density at radius 1 is 0.857 bits per heavy atom. The summed E-state index contributed by atoms with van der Waals surface area (Å²) in [7, 11) is 0. The molecular weight excluding hydrogens is 440 g/mol. The summed E-state index contributed by atoms with van der Waals surface area (Å²) in [5.41, 5.74) is 13.6. The van der Waals surface area contributed by atoms with Crippen LogP contribution >= 0.6 is 0 Å². The number of nitrogens with zero attached hydrogens (tertiary/aromatic N) is 1. The largest absolute Gasteiger partial charge is 0.480 e. The molecule has 0 aliphatic heterocycles. The summed E-state index contributed by atoms with van der Waals surface area (Å²) in [5.74, 6) is -2.58. The number of benzene rings is 4. The van der Waals surface area contributed by atoms with Crippen LogP contribution in [0.1, 0.15) is 27.4 Å². The number of nitrogens with two attached hydrogens (primary N) is 2. The number of nitrogens with one attached hydrogen (secondary N) is 1. The first-order valence-electron chi connectivity index (χ1n) is 11.2. The van der Waals surface area contributed by atoms with Crippen LogP contribution < -0.4 is 16.4 Å². The second-order valence-electron chi connectivity index (χ2n) is 8.20. The molecule has 176 valence electrons. The number of anilines is 1. The van der Waals surface area contributed by atoms with E-state index < -0.39 is 23.8 Å². The molecule has 0 spiro atoms. The van der Waals surface area contributed by atoms with Crippen molar-refractivity contribution < 1.29 is 14.7 Å². The van der Waals surface area contributed by atoms with Crippen molar-refractivity contribution >= 4 is 34.2 Å². The lowest BCUT2D eigenvalue weighted by molar-refractivity contribution is -0.139. The molecule has 0 bridgehead atoms. The number of carboxylic acid groups (broad SMARTS) is 1. The molecule has 7 heteroatoms. The predicted molar refractivity (Wildman–Crippen MR) is 138 cm³/mol. The number of hydrogen-bond donors (Lipinski definition) is 4. The lowest BCUT2D eigenvalue weighted by Crippen LogP contribution is -2.50. The van der Waals surface area contributed by atoms with Crippen LogP contribution in [0.4, 0.5) is 5.69 Å². The lowest BCUT2D eigenvalue weighted by Gasteiger charge is -2.35. The van der Waals surface area contributed by atoms with E-state index in [1.54, 1.807) is 48.5 Å². The van der Waals surface area contributed by atoms with Gasteiger partial charge in [-0.2, -0.15) is 0 Å². The molecule has 4 aromatic carbocycles. The highest BCUT2D eigenvalue weighted by Gasteiger charge is 2.39. The number of para-hydroxylation sites is 1. The maximum absolute atomic E-state index is 13.9. The van der Waals surface area contributed by atoms with Gasteiger partial charge in [0.05, 0.1) is 0 Å². The van der Waals surface area contributed by atoms with Crippen molar-refractivity contribution in [3.63, 3.8) is 0 Å². The molecule has 4 aromatic rings. The minimum absolute atomic E-state index is 0.00900. The van der Waals surface area contributed by atoms with Crippen molar-refractivity contribution in [1.82, 2.24) is 0 Å². The summed E-state index contributed by atoms with van der Waals surface area (Å²) in [6, 6.07) is 27.1. The highest BCUT2D eigenvalue weighted by molar-refractivity contribution is 6.10. The Morgan fingerprint density at radius 2 is 1.49 bits per heavy atom. The van der Waals surface area contributed by atoms with Gasteiger partial charge in [-0.3, -0.25) is 15.1 Å². The van der Waals surface area contributed by atoms with Crippen molar-refractivity contribution in [3.8, 4) is 0 Å². The van der Waals surface area contributed by atoms with Gasteiger partial charge in [-0.05, 0) is 40.6 Å². The lowest BCUT2D eigenvalue weighted by atomic mass is 9.86. The fourth-order valence-corrected chi connectivity index (χ4v) is 4.41. The van der Waals surface area contributed by atoms with Crippen LogP contribution in [0.2, 0.25) is 0 Å². The highest BCUT2D eigenvalue weighted by Crippen LogP contribution is 2.33. The van der Waals surface area contributed by atoms with E-state index in [0.717, 1.165) is 16.3 Å². The molecule has 0 fully saturated rings. The van der Waals surface area contributed by atoms with Gasteiger partial charge in [0, 0.05) is 29.3 Å². The fraction of sp³-hybridized carbons (Fsp3) is 0.107. The first-order valence-corrected chi connectivity index (χ1v) is 11.2. The summed E-state index contributed by atoms with van der Waals surface area (Å²) in [6.45, 7) is 0.00900. The average molecular weight is 467 g/mol. The van der Waals surface area contributed by atoms with E-state index in [9.17, 15) is 14.7 Å². The Morgan fingerprint density at radius 3 is 2.17 bits per heavy atom. The topological polar surface area (TPSA) is 134 Å². The van der Waals surface area contributed by atoms with Crippen molar-refractivity contribution in [2.45, 2.75) is 12.0 Å². The molecule has 0 radical (unpaired) electrons. The zero-order chi connectivity index (χ0) is 24.9. The molecule has 0 unspecified atom stereocenters. The third-order valence-electron chi connectivity index (χ3n) is 6.06. The molecule has 6 N–H and O–H groups in total. The van der Waals surface area contributed by atoms with Gasteiger partial charge in [0.15, 0.2) is 0 Å². The number of amides is 1. The van der Waals surface area contributed by atoms with Gasteiger partial charge in [0.2, 0.25) is 0 Å². The number of fused-ring (bicyclic) bond motifs is 1. The fourth-order valence-electron chi connectivity index (χ4n) is 4.41. The molecule has 35 heavy (non-hydrogen) atoms. The van der Waals surface area contributed by atoms with Crippen LogP contribution in [0.5, 0.6) is 0 Å². The average Bonchev–Trinajstić information content (AvgIpc) is 2.89. The van der Waals surface area contributed by atoms with Crippen LogP contribution in [-0.4, -0.2) is 35.4 Å². The van der Waals surface area contributed by atoms with Crippen LogP contribution in [0, 0.1) is 5.41 Å². The number of nitrogen functional groups attached to an aromatic ring is 1. The van der Waals surface area contributed by atoms with Crippen molar-refractivity contribution in [3.05, 3.63) is 114 Å². The summed E-state index contributed by atoms with van der Waals surface area (Å²) in [4.78, 5) is 28.0. The molecular formula is C28H26N4O3. The van der Waals surface area contributed by atoms with Gasteiger partial charge in [0.25, 0.3) is 5.91 Å². The van der Waals surface area contributed by atoms with E-state index in [-0.39, 0.29) is 17.9 Å². The Labute approximate surface area is 203 Å².